The third kappa shape index (κ3) is 2.07. The third-order valence-corrected chi connectivity index (χ3v) is 3.00. The Morgan fingerprint density at radius 1 is 1.50 bits per heavy atom. The Hall–Kier alpha value is -0.610. The Bertz CT molecular complexity index is 347. The molecule has 0 aliphatic carbocycles. The molecule has 0 aromatic carbocycles. The van der Waals surface area contributed by atoms with E-state index in [0.29, 0.717) is 6.04 Å². The van der Waals surface area contributed by atoms with Crippen molar-refractivity contribution in [3.63, 3.8) is 0 Å². The normalized spacial score (nSPS) is 23.4. The fraction of sp³-hybridized carbons (Fsp3) is 0.700. The van der Waals surface area contributed by atoms with Crippen molar-refractivity contribution in [2.24, 2.45) is 0 Å². The third-order valence-electron chi connectivity index (χ3n) is 2.69. The molecular weight excluding hydrogens is 196 g/mol. The summed E-state index contributed by atoms with van der Waals surface area (Å²) in [4.78, 5) is 3.16. The van der Waals surface area contributed by atoms with E-state index >= 15 is 0 Å². The zero-order valence-electron chi connectivity index (χ0n) is 8.45. The monoisotopic (exact) mass is 212 g/mol. The number of aromatic nitrogens is 2. The predicted molar refractivity (Wildman–Crippen MR) is 58.1 cm³/mol. The number of aryl methyl sites for hydroxylation is 1. The van der Waals surface area contributed by atoms with Crippen LogP contribution < -0.4 is 0 Å². The lowest BCUT2D eigenvalue weighted by atomic mass is 10.1. The minimum Gasteiger partial charge on any atom is -0.381 e. The predicted octanol–water partition coefficient (Wildman–Crippen LogP) is 2.60. The van der Waals surface area contributed by atoms with Crippen molar-refractivity contribution in [3.05, 3.63) is 16.7 Å². The molecule has 1 aromatic heterocycles. The van der Waals surface area contributed by atoms with Gasteiger partial charge in [-0.05, 0) is 38.4 Å². The number of aromatic amines is 1. The SMILES string of the molecule is Cc1cn(C2CCCOCC2)c(=S)[nH]1. The van der Waals surface area contributed by atoms with Gasteiger partial charge in [0, 0.05) is 31.1 Å². The maximum atomic E-state index is 5.44. The van der Waals surface area contributed by atoms with E-state index in [9.17, 15) is 0 Å². The molecule has 0 bridgehead atoms. The van der Waals surface area contributed by atoms with Crippen molar-refractivity contribution >= 4 is 12.2 Å². The first-order chi connectivity index (χ1) is 6.77. The molecule has 78 valence electrons. The molecule has 0 saturated carbocycles. The highest BCUT2D eigenvalue weighted by atomic mass is 32.1. The largest absolute Gasteiger partial charge is 0.381 e. The molecule has 3 nitrogen and oxygen atoms in total. The average molecular weight is 212 g/mol. The highest BCUT2D eigenvalue weighted by molar-refractivity contribution is 7.71. The number of imidazole rings is 1. The molecule has 1 aromatic rings. The Labute approximate surface area is 89.1 Å². The smallest absolute Gasteiger partial charge is 0.177 e. The maximum absolute atomic E-state index is 5.44. The van der Waals surface area contributed by atoms with Crippen LogP contribution in [0.4, 0.5) is 0 Å². The molecule has 0 spiro atoms. The van der Waals surface area contributed by atoms with Gasteiger partial charge in [0.05, 0.1) is 0 Å². The molecule has 1 unspecified atom stereocenters. The van der Waals surface area contributed by atoms with Crippen LogP contribution in [0, 0.1) is 11.7 Å². The van der Waals surface area contributed by atoms with Gasteiger partial charge in [-0.25, -0.2) is 0 Å². The standard InChI is InChI=1S/C10H16N2OS/c1-8-7-12(10(14)11-8)9-3-2-5-13-6-4-9/h7,9H,2-6H2,1H3,(H,11,14). The van der Waals surface area contributed by atoms with Crippen LogP contribution in [0.15, 0.2) is 6.20 Å². The summed E-state index contributed by atoms with van der Waals surface area (Å²) in [5.41, 5.74) is 1.14. The Balaban J connectivity index is 2.20. The van der Waals surface area contributed by atoms with Crippen LogP contribution in [-0.4, -0.2) is 22.8 Å². The summed E-state index contributed by atoms with van der Waals surface area (Å²) in [7, 11) is 0. The maximum Gasteiger partial charge on any atom is 0.177 e. The van der Waals surface area contributed by atoms with Gasteiger partial charge in [0.2, 0.25) is 0 Å². The fourth-order valence-corrected chi connectivity index (χ4v) is 2.33. The van der Waals surface area contributed by atoms with Gasteiger partial charge >= 0.3 is 0 Å². The highest BCUT2D eigenvalue weighted by Crippen LogP contribution is 2.22. The van der Waals surface area contributed by atoms with Gasteiger partial charge < -0.3 is 14.3 Å². The molecule has 14 heavy (non-hydrogen) atoms. The lowest BCUT2D eigenvalue weighted by molar-refractivity contribution is 0.141. The van der Waals surface area contributed by atoms with E-state index in [1.165, 1.54) is 6.42 Å². The number of H-pyrrole nitrogens is 1. The number of ether oxygens (including phenoxy) is 1. The van der Waals surface area contributed by atoms with Crippen molar-refractivity contribution in [2.75, 3.05) is 13.2 Å². The van der Waals surface area contributed by atoms with Crippen LogP contribution in [0.1, 0.15) is 31.0 Å². The van der Waals surface area contributed by atoms with Crippen molar-refractivity contribution in [1.82, 2.24) is 9.55 Å². The summed E-state index contributed by atoms with van der Waals surface area (Å²) >= 11 is 5.26. The van der Waals surface area contributed by atoms with Gasteiger partial charge in [0.15, 0.2) is 4.77 Å². The van der Waals surface area contributed by atoms with E-state index in [-0.39, 0.29) is 0 Å². The van der Waals surface area contributed by atoms with Crippen molar-refractivity contribution in [3.8, 4) is 0 Å². The summed E-state index contributed by atoms with van der Waals surface area (Å²) in [5.74, 6) is 0. The second kappa shape index (κ2) is 4.28. The minimum absolute atomic E-state index is 0.523. The number of rotatable bonds is 1. The van der Waals surface area contributed by atoms with Gasteiger partial charge in [-0.2, -0.15) is 0 Å². The van der Waals surface area contributed by atoms with Crippen molar-refractivity contribution in [2.45, 2.75) is 32.2 Å². The second-order valence-electron chi connectivity index (χ2n) is 3.85. The molecule has 2 heterocycles. The first-order valence-corrected chi connectivity index (χ1v) is 5.53. The molecule has 2 rings (SSSR count). The zero-order chi connectivity index (χ0) is 9.97. The number of hydrogen-bond acceptors (Lipinski definition) is 2. The van der Waals surface area contributed by atoms with Gasteiger partial charge in [0.1, 0.15) is 0 Å². The van der Waals surface area contributed by atoms with E-state index in [0.717, 1.165) is 36.5 Å². The Kier molecular flexibility index (Phi) is 3.03. The van der Waals surface area contributed by atoms with Gasteiger partial charge in [-0.15, -0.1) is 0 Å². The Morgan fingerprint density at radius 3 is 3.07 bits per heavy atom. The topological polar surface area (TPSA) is 29.9 Å². The minimum atomic E-state index is 0.523. The second-order valence-corrected chi connectivity index (χ2v) is 4.23. The Morgan fingerprint density at radius 2 is 2.36 bits per heavy atom. The van der Waals surface area contributed by atoms with Crippen LogP contribution in [0.2, 0.25) is 0 Å². The summed E-state index contributed by atoms with van der Waals surface area (Å²) in [6, 6.07) is 0.523. The summed E-state index contributed by atoms with van der Waals surface area (Å²) in [5, 5.41) is 0. The summed E-state index contributed by atoms with van der Waals surface area (Å²) in [6.45, 7) is 3.80. The quantitative estimate of drug-likeness (QED) is 0.725. The van der Waals surface area contributed by atoms with Crippen LogP contribution in [0.3, 0.4) is 0 Å². The average Bonchev–Trinajstić information content (AvgIpc) is 2.43. The van der Waals surface area contributed by atoms with E-state index in [1.807, 2.05) is 6.92 Å². The summed E-state index contributed by atoms with van der Waals surface area (Å²) in [6.07, 6.45) is 5.49. The van der Waals surface area contributed by atoms with E-state index in [2.05, 4.69) is 15.7 Å². The zero-order valence-corrected chi connectivity index (χ0v) is 9.27. The van der Waals surface area contributed by atoms with Gasteiger partial charge in [-0.1, -0.05) is 0 Å². The molecule has 1 atom stereocenters. The van der Waals surface area contributed by atoms with Crippen LogP contribution in [0.25, 0.3) is 0 Å². The van der Waals surface area contributed by atoms with Crippen molar-refractivity contribution < 1.29 is 4.74 Å². The first-order valence-electron chi connectivity index (χ1n) is 5.13. The van der Waals surface area contributed by atoms with Gasteiger partial charge in [-0.3, -0.25) is 0 Å². The molecule has 4 heteroatoms. The first kappa shape index (κ1) is 9.93. The molecule has 1 aliphatic rings. The van der Waals surface area contributed by atoms with Crippen LogP contribution in [-0.2, 0) is 4.74 Å². The van der Waals surface area contributed by atoms with E-state index in [4.69, 9.17) is 17.0 Å². The molecule has 0 radical (unpaired) electrons. The number of hydrogen-bond donors (Lipinski definition) is 1. The lowest BCUT2D eigenvalue weighted by Crippen LogP contribution is -2.08. The lowest BCUT2D eigenvalue weighted by Gasteiger charge is -2.14. The molecule has 1 N–H and O–H groups in total. The van der Waals surface area contributed by atoms with Crippen LogP contribution >= 0.6 is 12.2 Å². The molecule has 1 aliphatic heterocycles. The highest BCUT2D eigenvalue weighted by Gasteiger charge is 2.14. The summed E-state index contributed by atoms with van der Waals surface area (Å²) < 4.78 is 8.46. The van der Waals surface area contributed by atoms with Crippen molar-refractivity contribution in [1.29, 1.82) is 0 Å². The van der Waals surface area contributed by atoms with E-state index < -0.39 is 0 Å². The molecule has 1 fully saturated rings. The molecular formula is C10H16N2OS. The fourth-order valence-electron chi connectivity index (χ4n) is 1.97. The molecule has 1 saturated heterocycles. The van der Waals surface area contributed by atoms with E-state index in [1.54, 1.807) is 0 Å². The van der Waals surface area contributed by atoms with Crippen LogP contribution in [0.5, 0.6) is 0 Å². The number of nitrogens with zero attached hydrogens (tertiary/aromatic N) is 1. The molecule has 0 amide bonds. The van der Waals surface area contributed by atoms with Gasteiger partial charge in [0.25, 0.3) is 0 Å². The number of nitrogens with one attached hydrogen (secondary N) is 1.